The molecule has 0 spiro atoms. The summed E-state index contributed by atoms with van der Waals surface area (Å²) >= 11 is 0. The predicted molar refractivity (Wildman–Crippen MR) is 75.6 cm³/mol. The zero-order chi connectivity index (χ0) is 14.6. The molecule has 0 saturated heterocycles. The molecule has 0 heterocycles. The Morgan fingerprint density at radius 3 is 2.53 bits per heavy atom. The Balaban J connectivity index is 2.80. The molecule has 0 amide bonds. The molecule has 0 radical (unpaired) electrons. The molecule has 1 unspecified atom stereocenters. The van der Waals surface area contributed by atoms with Gasteiger partial charge in [-0.1, -0.05) is 6.92 Å². The molecule has 5 nitrogen and oxygen atoms in total. The van der Waals surface area contributed by atoms with Crippen LogP contribution in [-0.4, -0.2) is 37.0 Å². The Morgan fingerprint density at radius 1 is 1.42 bits per heavy atom. The number of hydrogen-bond acceptors (Lipinski definition) is 4. The molecule has 0 aliphatic carbocycles. The molecule has 0 aliphatic heterocycles. The number of carboxylic acid groups (broad SMARTS) is 1. The first kappa shape index (κ1) is 15.5. The van der Waals surface area contributed by atoms with Crippen LogP contribution in [0.25, 0.3) is 0 Å². The molecule has 0 bridgehead atoms. The largest absolute Gasteiger partial charge is 0.478 e. The van der Waals surface area contributed by atoms with Crippen LogP contribution in [-0.2, 0) is 9.84 Å². The molecular weight excluding hydrogens is 266 g/mol. The van der Waals surface area contributed by atoms with Gasteiger partial charge in [-0.05, 0) is 37.6 Å². The van der Waals surface area contributed by atoms with Gasteiger partial charge in [-0.25, -0.2) is 13.2 Å². The lowest BCUT2D eigenvalue weighted by Crippen LogP contribution is -2.27. The Kier molecular flexibility index (Phi) is 4.94. The molecule has 2 N–H and O–H groups in total. The van der Waals surface area contributed by atoms with Gasteiger partial charge in [-0.2, -0.15) is 0 Å². The molecule has 1 aromatic rings. The van der Waals surface area contributed by atoms with Crippen molar-refractivity contribution in [3.8, 4) is 0 Å². The highest BCUT2D eigenvalue weighted by Gasteiger charge is 2.14. The van der Waals surface area contributed by atoms with Crippen molar-refractivity contribution in [3.63, 3.8) is 0 Å². The van der Waals surface area contributed by atoms with Crippen LogP contribution in [0.4, 0.5) is 5.69 Å². The Labute approximate surface area is 113 Å². The van der Waals surface area contributed by atoms with Crippen LogP contribution in [0, 0.1) is 6.92 Å². The molecule has 0 aliphatic rings. The standard InChI is InChI=1S/C13H19NO4S/c1-4-19(17,18)8-10(3)14-12-6-5-11(13(15)16)7-9(12)2/h5-7,10,14H,4,8H2,1-3H3,(H,15,16). The van der Waals surface area contributed by atoms with Gasteiger partial charge in [0.1, 0.15) is 0 Å². The summed E-state index contributed by atoms with van der Waals surface area (Å²) in [5.74, 6) is -0.796. The summed E-state index contributed by atoms with van der Waals surface area (Å²) in [6.07, 6.45) is 0. The number of rotatable bonds is 6. The number of aryl methyl sites for hydroxylation is 1. The number of benzene rings is 1. The van der Waals surface area contributed by atoms with E-state index in [1.54, 1.807) is 32.9 Å². The third kappa shape index (κ3) is 4.55. The van der Waals surface area contributed by atoms with Gasteiger partial charge in [-0.15, -0.1) is 0 Å². The van der Waals surface area contributed by atoms with Crippen molar-refractivity contribution in [2.24, 2.45) is 0 Å². The molecule has 0 aromatic heterocycles. The highest BCUT2D eigenvalue weighted by molar-refractivity contribution is 7.91. The van der Waals surface area contributed by atoms with Crippen LogP contribution in [0.1, 0.15) is 29.8 Å². The highest BCUT2D eigenvalue weighted by Crippen LogP contribution is 2.18. The molecule has 1 aromatic carbocycles. The van der Waals surface area contributed by atoms with E-state index in [9.17, 15) is 13.2 Å². The number of sulfone groups is 1. The Hall–Kier alpha value is -1.56. The van der Waals surface area contributed by atoms with Crippen molar-refractivity contribution in [1.82, 2.24) is 0 Å². The van der Waals surface area contributed by atoms with Crippen molar-refractivity contribution < 1.29 is 18.3 Å². The molecule has 106 valence electrons. The maximum atomic E-state index is 11.5. The highest BCUT2D eigenvalue weighted by atomic mass is 32.2. The van der Waals surface area contributed by atoms with Gasteiger partial charge >= 0.3 is 5.97 Å². The minimum Gasteiger partial charge on any atom is -0.478 e. The molecular formula is C13H19NO4S. The van der Waals surface area contributed by atoms with Crippen molar-refractivity contribution in [3.05, 3.63) is 29.3 Å². The summed E-state index contributed by atoms with van der Waals surface area (Å²) in [6, 6.07) is 4.50. The minimum atomic E-state index is -3.03. The molecule has 19 heavy (non-hydrogen) atoms. The average Bonchev–Trinajstić information content (AvgIpc) is 2.30. The van der Waals surface area contributed by atoms with Gasteiger partial charge in [0.2, 0.25) is 0 Å². The van der Waals surface area contributed by atoms with E-state index in [-0.39, 0.29) is 23.1 Å². The third-order valence-corrected chi connectivity index (χ3v) is 4.71. The predicted octanol–water partition coefficient (Wildman–Crippen LogP) is 1.93. The van der Waals surface area contributed by atoms with Gasteiger partial charge in [0.15, 0.2) is 9.84 Å². The van der Waals surface area contributed by atoms with E-state index >= 15 is 0 Å². The molecule has 0 fully saturated rings. The lowest BCUT2D eigenvalue weighted by Gasteiger charge is -2.17. The molecule has 6 heteroatoms. The third-order valence-electron chi connectivity index (χ3n) is 2.82. The fourth-order valence-corrected chi connectivity index (χ4v) is 2.85. The normalized spacial score (nSPS) is 13.0. The van der Waals surface area contributed by atoms with E-state index < -0.39 is 15.8 Å². The summed E-state index contributed by atoms with van der Waals surface area (Å²) in [4.78, 5) is 10.8. The summed E-state index contributed by atoms with van der Waals surface area (Å²) in [6.45, 7) is 5.20. The first-order valence-electron chi connectivity index (χ1n) is 6.06. The van der Waals surface area contributed by atoms with Gasteiger partial charge in [0.05, 0.1) is 11.3 Å². The van der Waals surface area contributed by atoms with Crippen LogP contribution in [0.2, 0.25) is 0 Å². The quantitative estimate of drug-likeness (QED) is 0.834. The maximum absolute atomic E-state index is 11.5. The number of carboxylic acids is 1. The van der Waals surface area contributed by atoms with Crippen molar-refractivity contribution in [2.75, 3.05) is 16.8 Å². The topological polar surface area (TPSA) is 83.5 Å². The van der Waals surface area contributed by atoms with Crippen molar-refractivity contribution in [1.29, 1.82) is 0 Å². The number of aromatic carboxylic acids is 1. The second-order valence-electron chi connectivity index (χ2n) is 4.58. The summed E-state index contributed by atoms with van der Waals surface area (Å²) < 4.78 is 23.0. The number of anilines is 1. The van der Waals surface area contributed by atoms with Gasteiger partial charge in [0, 0.05) is 17.5 Å². The lowest BCUT2D eigenvalue weighted by atomic mass is 10.1. The number of carbonyl (C=O) groups is 1. The molecule has 0 saturated carbocycles. The second kappa shape index (κ2) is 6.06. The fraction of sp³-hybridized carbons (Fsp3) is 0.462. The van der Waals surface area contributed by atoms with E-state index in [1.165, 1.54) is 6.07 Å². The lowest BCUT2D eigenvalue weighted by molar-refractivity contribution is 0.0697. The van der Waals surface area contributed by atoms with Crippen LogP contribution < -0.4 is 5.32 Å². The van der Waals surface area contributed by atoms with Crippen LogP contribution >= 0.6 is 0 Å². The van der Waals surface area contributed by atoms with Gasteiger partial charge < -0.3 is 10.4 Å². The van der Waals surface area contributed by atoms with E-state index in [4.69, 9.17) is 5.11 Å². The van der Waals surface area contributed by atoms with Crippen molar-refractivity contribution in [2.45, 2.75) is 26.8 Å². The zero-order valence-electron chi connectivity index (χ0n) is 11.3. The van der Waals surface area contributed by atoms with E-state index in [0.29, 0.717) is 0 Å². The SMILES string of the molecule is CCS(=O)(=O)CC(C)Nc1ccc(C(=O)O)cc1C. The van der Waals surface area contributed by atoms with Crippen LogP contribution in [0.3, 0.4) is 0 Å². The van der Waals surface area contributed by atoms with Crippen LogP contribution in [0.15, 0.2) is 18.2 Å². The Morgan fingerprint density at radius 2 is 2.05 bits per heavy atom. The first-order chi connectivity index (χ1) is 8.75. The summed E-state index contributed by atoms with van der Waals surface area (Å²) in [5, 5.41) is 12.0. The number of hydrogen-bond donors (Lipinski definition) is 2. The van der Waals surface area contributed by atoms with E-state index in [0.717, 1.165) is 11.3 Å². The smallest absolute Gasteiger partial charge is 0.335 e. The van der Waals surface area contributed by atoms with E-state index in [1.807, 2.05) is 0 Å². The maximum Gasteiger partial charge on any atom is 0.335 e. The molecule has 1 rings (SSSR count). The zero-order valence-corrected chi connectivity index (χ0v) is 12.1. The average molecular weight is 285 g/mol. The first-order valence-corrected chi connectivity index (χ1v) is 7.88. The Bertz CT molecular complexity index is 566. The molecule has 1 atom stereocenters. The van der Waals surface area contributed by atoms with Crippen molar-refractivity contribution >= 4 is 21.5 Å². The summed E-state index contributed by atoms with van der Waals surface area (Å²) in [5.41, 5.74) is 1.75. The number of nitrogens with one attached hydrogen (secondary N) is 1. The second-order valence-corrected chi connectivity index (χ2v) is 6.98. The van der Waals surface area contributed by atoms with Gasteiger partial charge in [-0.3, -0.25) is 0 Å². The monoisotopic (exact) mass is 285 g/mol. The minimum absolute atomic E-state index is 0.0591. The van der Waals surface area contributed by atoms with E-state index in [2.05, 4.69) is 5.32 Å². The fourth-order valence-electron chi connectivity index (χ4n) is 1.76. The van der Waals surface area contributed by atoms with Crippen LogP contribution in [0.5, 0.6) is 0 Å². The van der Waals surface area contributed by atoms with Gasteiger partial charge in [0.25, 0.3) is 0 Å². The summed E-state index contributed by atoms with van der Waals surface area (Å²) in [7, 11) is -3.03.